The zero-order chi connectivity index (χ0) is 18.2. The van der Waals surface area contributed by atoms with E-state index in [2.05, 4.69) is 20.4 Å². The van der Waals surface area contributed by atoms with E-state index in [4.69, 9.17) is 4.74 Å². The van der Waals surface area contributed by atoms with Crippen molar-refractivity contribution in [1.82, 2.24) is 10.3 Å². The second kappa shape index (κ2) is 8.57. The van der Waals surface area contributed by atoms with Gasteiger partial charge in [-0.1, -0.05) is 0 Å². The Morgan fingerprint density at radius 3 is 2.64 bits per heavy atom. The Kier molecular flexibility index (Phi) is 6.21. The molecule has 7 nitrogen and oxygen atoms in total. The van der Waals surface area contributed by atoms with Crippen LogP contribution in [0.1, 0.15) is 6.92 Å². The van der Waals surface area contributed by atoms with Crippen LogP contribution in [0, 0.1) is 11.6 Å². The Morgan fingerprint density at radius 2 is 2.00 bits per heavy atom. The van der Waals surface area contributed by atoms with Gasteiger partial charge in [0.25, 0.3) is 0 Å². The number of ether oxygens (including phenoxy) is 2. The summed E-state index contributed by atoms with van der Waals surface area (Å²) in [7, 11) is 0. The Bertz CT molecular complexity index is 754. The molecule has 0 radical (unpaired) electrons. The molecule has 2 N–H and O–H groups in total. The van der Waals surface area contributed by atoms with Gasteiger partial charge >= 0.3 is 12.0 Å². The minimum atomic E-state index is -0.859. The van der Waals surface area contributed by atoms with Crippen LogP contribution in [-0.2, 0) is 9.53 Å². The molecule has 0 spiro atoms. The van der Waals surface area contributed by atoms with Crippen LogP contribution in [0.4, 0.5) is 19.3 Å². The minimum absolute atomic E-state index is 0.0583. The fraction of sp³-hybridized carbons (Fsp3) is 0.188. The fourth-order valence-corrected chi connectivity index (χ4v) is 1.73. The Labute approximate surface area is 142 Å². The molecule has 25 heavy (non-hydrogen) atoms. The Balaban J connectivity index is 1.89. The molecule has 0 bridgehead atoms. The number of halogens is 2. The second-order valence-corrected chi connectivity index (χ2v) is 4.67. The molecule has 0 saturated carbocycles. The summed E-state index contributed by atoms with van der Waals surface area (Å²) >= 11 is 0. The number of hydrogen-bond donors (Lipinski definition) is 2. The molecule has 2 amide bonds. The van der Waals surface area contributed by atoms with Crippen LogP contribution in [0.15, 0.2) is 36.5 Å². The lowest BCUT2D eigenvalue weighted by Crippen LogP contribution is -2.34. The Morgan fingerprint density at radius 1 is 1.20 bits per heavy atom. The van der Waals surface area contributed by atoms with Crippen LogP contribution in [0.5, 0.6) is 11.6 Å². The normalized spacial score (nSPS) is 10.0. The maximum Gasteiger partial charge on any atom is 0.325 e. The maximum atomic E-state index is 13.5. The van der Waals surface area contributed by atoms with Crippen molar-refractivity contribution in [1.29, 1.82) is 0 Å². The lowest BCUT2D eigenvalue weighted by molar-refractivity contribution is -0.141. The van der Waals surface area contributed by atoms with E-state index in [0.29, 0.717) is 11.8 Å². The monoisotopic (exact) mass is 351 g/mol. The van der Waals surface area contributed by atoms with Crippen molar-refractivity contribution in [3.63, 3.8) is 0 Å². The number of amides is 2. The van der Waals surface area contributed by atoms with E-state index in [1.165, 1.54) is 18.3 Å². The highest BCUT2D eigenvalue weighted by molar-refractivity contribution is 5.91. The van der Waals surface area contributed by atoms with E-state index in [1.54, 1.807) is 6.92 Å². The average Bonchev–Trinajstić information content (AvgIpc) is 2.57. The zero-order valence-corrected chi connectivity index (χ0v) is 13.2. The van der Waals surface area contributed by atoms with Gasteiger partial charge in [-0.25, -0.2) is 18.6 Å². The Hall–Kier alpha value is -3.23. The van der Waals surface area contributed by atoms with Crippen LogP contribution in [-0.4, -0.2) is 30.1 Å². The van der Waals surface area contributed by atoms with Crippen LogP contribution >= 0.6 is 0 Å². The molecule has 0 aliphatic heterocycles. The van der Waals surface area contributed by atoms with Gasteiger partial charge in [-0.3, -0.25) is 4.79 Å². The molecule has 0 aliphatic carbocycles. The summed E-state index contributed by atoms with van der Waals surface area (Å²) in [6, 6.07) is 5.13. The first-order chi connectivity index (χ1) is 12.0. The van der Waals surface area contributed by atoms with Crippen molar-refractivity contribution < 1.29 is 27.8 Å². The van der Waals surface area contributed by atoms with Gasteiger partial charge < -0.3 is 20.1 Å². The summed E-state index contributed by atoms with van der Waals surface area (Å²) in [5.74, 6) is -2.25. The van der Waals surface area contributed by atoms with E-state index in [-0.39, 0.29) is 24.8 Å². The summed E-state index contributed by atoms with van der Waals surface area (Å²) in [5.41, 5.74) is 0.327. The van der Waals surface area contributed by atoms with Gasteiger partial charge in [0.15, 0.2) is 11.6 Å². The number of esters is 1. The predicted molar refractivity (Wildman–Crippen MR) is 84.3 cm³/mol. The molecule has 1 heterocycles. The molecule has 0 fully saturated rings. The number of benzene rings is 1. The molecular weight excluding hydrogens is 336 g/mol. The average molecular weight is 351 g/mol. The SMILES string of the molecule is CCOC(=O)CNC(=O)Nc1ccc(Oc2ccc(F)cc2F)nc1. The summed E-state index contributed by atoms with van der Waals surface area (Å²) in [5, 5.41) is 4.76. The molecule has 0 saturated heterocycles. The van der Waals surface area contributed by atoms with Crippen LogP contribution < -0.4 is 15.4 Å². The first kappa shape index (κ1) is 18.1. The molecule has 2 rings (SSSR count). The van der Waals surface area contributed by atoms with E-state index >= 15 is 0 Å². The molecule has 0 atom stereocenters. The van der Waals surface area contributed by atoms with Crippen LogP contribution in [0.25, 0.3) is 0 Å². The van der Waals surface area contributed by atoms with Crippen molar-refractivity contribution in [3.05, 3.63) is 48.2 Å². The molecule has 132 valence electrons. The number of anilines is 1. The lowest BCUT2D eigenvalue weighted by Gasteiger charge is -2.08. The number of pyridine rings is 1. The summed E-state index contributed by atoms with van der Waals surface area (Å²) in [4.78, 5) is 26.6. The highest BCUT2D eigenvalue weighted by atomic mass is 19.1. The van der Waals surface area contributed by atoms with Crippen molar-refractivity contribution >= 4 is 17.7 Å². The maximum absolute atomic E-state index is 13.5. The highest BCUT2D eigenvalue weighted by Crippen LogP contribution is 2.24. The topological polar surface area (TPSA) is 89.5 Å². The molecule has 1 aromatic carbocycles. The smallest absolute Gasteiger partial charge is 0.325 e. The fourth-order valence-electron chi connectivity index (χ4n) is 1.73. The van der Waals surface area contributed by atoms with Crippen LogP contribution in [0.3, 0.4) is 0 Å². The lowest BCUT2D eigenvalue weighted by atomic mass is 10.3. The number of urea groups is 1. The molecular formula is C16H15F2N3O4. The van der Waals surface area contributed by atoms with Gasteiger partial charge in [0.2, 0.25) is 5.88 Å². The number of rotatable bonds is 6. The first-order valence-corrected chi connectivity index (χ1v) is 7.27. The van der Waals surface area contributed by atoms with Crippen molar-refractivity contribution in [2.45, 2.75) is 6.92 Å². The third-order valence-corrected chi connectivity index (χ3v) is 2.80. The van der Waals surface area contributed by atoms with Crippen LogP contribution in [0.2, 0.25) is 0 Å². The molecule has 1 aromatic heterocycles. The van der Waals surface area contributed by atoms with Gasteiger partial charge in [-0.15, -0.1) is 0 Å². The summed E-state index contributed by atoms with van der Waals surface area (Å²) in [6.45, 7) is 1.62. The predicted octanol–water partition coefficient (Wildman–Crippen LogP) is 2.84. The van der Waals surface area contributed by atoms with E-state index in [9.17, 15) is 18.4 Å². The highest BCUT2D eigenvalue weighted by Gasteiger charge is 2.09. The van der Waals surface area contributed by atoms with Crippen molar-refractivity contribution in [2.75, 3.05) is 18.5 Å². The van der Waals surface area contributed by atoms with Gasteiger partial charge in [-0.05, 0) is 25.1 Å². The molecule has 0 aliphatic rings. The quantitative estimate of drug-likeness (QED) is 0.781. The number of carbonyl (C=O) groups is 2. The van der Waals surface area contributed by atoms with Gasteiger partial charge in [0.1, 0.15) is 12.4 Å². The largest absolute Gasteiger partial charge is 0.465 e. The summed E-state index contributed by atoms with van der Waals surface area (Å²) in [6.07, 6.45) is 1.28. The van der Waals surface area contributed by atoms with Gasteiger partial charge in [0, 0.05) is 12.1 Å². The third-order valence-electron chi connectivity index (χ3n) is 2.80. The van der Waals surface area contributed by atoms with Gasteiger partial charge in [-0.2, -0.15) is 0 Å². The van der Waals surface area contributed by atoms with E-state index in [0.717, 1.165) is 12.1 Å². The number of nitrogens with one attached hydrogen (secondary N) is 2. The number of nitrogens with zero attached hydrogens (tertiary/aromatic N) is 1. The number of aromatic nitrogens is 1. The second-order valence-electron chi connectivity index (χ2n) is 4.67. The first-order valence-electron chi connectivity index (χ1n) is 7.27. The van der Waals surface area contributed by atoms with Gasteiger partial charge in [0.05, 0.1) is 18.5 Å². The van der Waals surface area contributed by atoms with Crippen molar-refractivity contribution in [2.24, 2.45) is 0 Å². The van der Waals surface area contributed by atoms with E-state index in [1.807, 2.05) is 0 Å². The van der Waals surface area contributed by atoms with Crippen molar-refractivity contribution in [3.8, 4) is 11.6 Å². The number of carbonyl (C=O) groups excluding carboxylic acids is 2. The zero-order valence-electron chi connectivity index (χ0n) is 13.2. The standard InChI is InChI=1S/C16H15F2N3O4/c1-2-24-15(22)9-20-16(23)21-11-4-6-14(19-8-11)25-13-5-3-10(17)7-12(13)18/h3-8H,2,9H2,1H3,(H2,20,21,23). The molecule has 9 heteroatoms. The minimum Gasteiger partial charge on any atom is -0.465 e. The number of hydrogen-bond acceptors (Lipinski definition) is 5. The molecule has 2 aromatic rings. The molecule has 0 unspecified atom stereocenters. The third kappa shape index (κ3) is 5.72. The summed E-state index contributed by atoms with van der Waals surface area (Å²) < 4.78 is 36.2. The van der Waals surface area contributed by atoms with E-state index < -0.39 is 23.6 Å².